The summed E-state index contributed by atoms with van der Waals surface area (Å²) in [6.07, 6.45) is -3.16. The molecule has 192 valence electrons. The highest BCUT2D eigenvalue weighted by Gasteiger charge is 2.47. The molecule has 2 aromatic rings. The van der Waals surface area contributed by atoms with E-state index in [9.17, 15) is 18.0 Å². The average molecular weight is 494 g/mol. The van der Waals surface area contributed by atoms with Crippen molar-refractivity contribution in [2.45, 2.75) is 51.6 Å². The van der Waals surface area contributed by atoms with Crippen LogP contribution in [0, 0.1) is 6.92 Å². The van der Waals surface area contributed by atoms with Crippen LogP contribution < -0.4 is 4.74 Å². The van der Waals surface area contributed by atoms with E-state index in [2.05, 4.69) is 21.0 Å². The predicted octanol–water partition coefficient (Wildman–Crippen LogP) is 3.42. The second kappa shape index (κ2) is 10.2. The molecule has 0 spiro atoms. The Balaban J connectivity index is 1.59. The number of aromatic nitrogens is 2. The van der Waals surface area contributed by atoms with E-state index in [1.807, 2.05) is 30.5 Å². The maximum Gasteiger partial charge on any atom is 0.416 e. The van der Waals surface area contributed by atoms with Crippen LogP contribution in [-0.2, 0) is 24.1 Å². The molecule has 2 fully saturated rings. The molecule has 7 nitrogen and oxygen atoms in total. The summed E-state index contributed by atoms with van der Waals surface area (Å²) in [7, 11) is 2.03. The van der Waals surface area contributed by atoms with Crippen LogP contribution in [0.4, 0.5) is 13.2 Å². The number of benzene rings is 1. The number of carbonyl (C=O) groups is 1. The molecule has 0 aliphatic carbocycles. The molecule has 1 aromatic heterocycles. The van der Waals surface area contributed by atoms with Crippen molar-refractivity contribution in [3.8, 4) is 5.75 Å². The zero-order valence-corrected chi connectivity index (χ0v) is 20.6. The first-order valence-electron chi connectivity index (χ1n) is 12.2. The van der Waals surface area contributed by atoms with Crippen LogP contribution in [0.2, 0.25) is 0 Å². The predicted molar refractivity (Wildman–Crippen MR) is 126 cm³/mol. The standard InChI is InChI=1S/C25H34F3N5O2/c1-4-33-21(16-19(2)29-33)17-31-11-5-10-24(18-31,23(34)32-14-12-30(3)13-15-32)35-22-8-6-20(7-9-22)25(26,27)28/h6-9,16H,4-5,10-15,17-18H2,1-3H3. The molecule has 2 aliphatic heterocycles. The van der Waals surface area contributed by atoms with E-state index >= 15 is 0 Å². The van der Waals surface area contributed by atoms with E-state index in [1.165, 1.54) is 12.1 Å². The summed E-state index contributed by atoms with van der Waals surface area (Å²) in [5, 5.41) is 4.53. The Bertz CT molecular complexity index is 1020. The summed E-state index contributed by atoms with van der Waals surface area (Å²) in [4.78, 5) is 20.1. The van der Waals surface area contributed by atoms with E-state index < -0.39 is 17.3 Å². The van der Waals surface area contributed by atoms with Crippen molar-refractivity contribution in [2.24, 2.45) is 0 Å². The number of piperidine rings is 1. The number of piperazine rings is 1. The second-order valence-electron chi connectivity index (χ2n) is 9.62. The lowest BCUT2D eigenvalue weighted by molar-refractivity contribution is -0.155. The van der Waals surface area contributed by atoms with Gasteiger partial charge in [0.2, 0.25) is 0 Å². The van der Waals surface area contributed by atoms with Crippen LogP contribution >= 0.6 is 0 Å². The Morgan fingerprint density at radius 1 is 1.11 bits per heavy atom. The van der Waals surface area contributed by atoms with Crippen LogP contribution in [0.1, 0.15) is 36.7 Å². The third kappa shape index (κ3) is 5.81. The van der Waals surface area contributed by atoms with Gasteiger partial charge >= 0.3 is 6.18 Å². The summed E-state index contributed by atoms with van der Waals surface area (Å²) in [5.41, 5.74) is 0.125. The van der Waals surface area contributed by atoms with Gasteiger partial charge in [0.1, 0.15) is 5.75 Å². The number of aryl methyl sites for hydroxylation is 2. The van der Waals surface area contributed by atoms with E-state index in [0.29, 0.717) is 32.6 Å². The molecule has 1 atom stereocenters. The molecule has 0 saturated carbocycles. The van der Waals surface area contributed by atoms with Gasteiger partial charge in [-0.2, -0.15) is 18.3 Å². The summed E-state index contributed by atoms with van der Waals surface area (Å²) in [5.74, 6) is 0.187. The lowest BCUT2D eigenvalue weighted by atomic mass is 9.90. The average Bonchev–Trinajstić information content (AvgIpc) is 3.18. The van der Waals surface area contributed by atoms with Crippen molar-refractivity contribution in [2.75, 3.05) is 46.3 Å². The van der Waals surface area contributed by atoms with Gasteiger partial charge in [-0.3, -0.25) is 14.4 Å². The van der Waals surface area contributed by atoms with E-state index in [1.54, 1.807) is 0 Å². The quantitative estimate of drug-likeness (QED) is 0.618. The monoisotopic (exact) mass is 493 g/mol. The molecule has 35 heavy (non-hydrogen) atoms. The largest absolute Gasteiger partial charge is 0.476 e. The Morgan fingerprint density at radius 2 is 1.80 bits per heavy atom. The first-order valence-corrected chi connectivity index (χ1v) is 12.2. The topological polar surface area (TPSA) is 53.8 Å². The van der Waals surface area contributed by atoms with E-state index in [-0.39, 0.29) is 11.7 Å². The molecule has 1 unspecified atom stereocenters. The molecule has 3 heterocycles. The number of carbonyl (C=O) groups excluding carboxylic acids is 1. The van der Waals surface area contributed by atoms with Crippen LogP contribution in [0.25, 0.3) is 0 Å². The van der Waals surface area contributed by atoms with Gasteiger partial charge in [0, 0.05) is 45.8 Å². The first kappa shape index (κ1) is 25.5. The van der Waals surface area contributed by atoms with E-state index in [4.69, 9.17) is 4.74 Å². The number of likely N-dealkylation sites (tertiary alicyclic amines) is 1. The third-order valence-electron chi connectivity index (χ3n) is 6.88. The Morgan fingerprint density at radius 3 is 2.43 bits per heavy atom. The smallest absolute Gasteiger partial charge is 0.416 e. The molecule has 2 saturated heterocycles. The van der Waals surface area contributed by atoms with Crippen molar-refractivity contribution in [3.63, 3.8) is 0 Å². The molecule has 0 bridgehead atoms. The summed E-state index contributed by atoms with van der Waals surface area (Å²) in [6.45, 7) is 9.33. The normalized spacial score (nSPS) is 22.4. The van der Waals surface area contributed by atoms with Crippen molar-refractivity contribution in [1.29, 1.82) is 0 Å². The number of hydrogen-bond acceptors (Lipinski definition) is 5. The first-order chi connectivity index (χ1) is 16.6. The number of hydrogen-bond donors (Lipinski definition) is 0. The van der Waals surface area contributed by atoms with Crippen LogP contribution in [0.3, 0.4) is 0 Å². The Hall–Kier alpha value is -2.59. The fraction of sp³-hybridized carbons (Fsp3) is 0.600. The summed E-state index contributed by atoms with van der Waals surface area (Å²) >= 11 is 0. The zero-order valence-electron chi connectivity index (χ0n) is 20.6. The number of ether oxygens (including phenoxy) is 1. The van der Waals surface area contributed by atoms with Gasteiger partial charge in [-0.05, 0) is 70.6 Å². The molecular formula is C25H34F3N5O2. The highest BCUT2D eigenvalue weighted by Crippen LogP contribution is 2.34. The second-order valence-corrected chi connectivity index (χ2v) is 9.62. The Kier molecular flexibility index (Phi) is 7.42. The molecule has 0 N–H and O–H groups in total. The van der Waals surface area contributed by atoms with Gasteiger partial charge in [0.15, 0.2) is 5.60 Å². The number of amides is 1. The summed E-state index contributed by atoms with van der Waals surface area (Å²) in [6, 6.07) is 6.70. The van der Waals surface area contributed by atoms with Gasteiger partial charge < -0.3 is 14.5 Å². The SMILES string of the molecule is CCn1nc(C)cc1CN1CCCC(Oc2ccc(C(F)(F)F)cc2)(C(=O)N2CCN(C)CC2)C1. The molecule has 4 rings (SSSR count). The minimum Gasteiger partial charge on any atom is -0.476 e. The number of halogens is 3. The highest BCUT2D eigenvalue weighted by molar-refractivity contribution is 5.86. The molecule has 1 aromatic carbocycles. The summed E-state index contributed by atoms with van der Waals surface area (Å²) < 4.78 is 47.5. The third-order valence-corrected chi connectivity index (χ3v) is 6.88. The van der Waals surface area contributed by atoms with Crippen LogP contribution in [0.5, 0.6) is 5.75 Å². The lowest BCUT2D eigenvalue weighted by Gasteiger charge is -2.45. The van der Waals surface area contributed by atoms with Crippen molar-refractivity contribution in [3.05, 3.63) is 47.3 Å². The van der Waals surface area contributed by atoms with E-state index in [0.717, 1.165) is 56.1 Å². The Labute approximate surface area is 204 Å². The molecule has 10 heteroatoms. The van der Waals surface area contributed by atoms with Gasteiger partial charge in [-0.15, -0.1) is 0 Å². The van der Waals surface area contributed by atoms with Gasteiger partial charge in [0.05, 0.1) is 17.0 Å². The number of likely N-dealkylation sites (N-methyl/N-ethyl adjacent to an activating group) is 1. The molecule has 0 radical (unpaired) electrons. The zero-order chi connectivity index (χ0) is 25.2. The fourth-order valence-corrected chi connectivity index (χ4v) is 5.01. The minimum absolute atomic E-state index is 0.0876. The maximum absolute atomic E-state index is 13.9. The van der Waals surface area contributed by atoms with Crippen LogP contribution in [-0.4, -0.2) is 82.3 Å². The molecular weight excluding hydrogens is 459 g/mol. The van der Waals surface area contributed by atoms with Gasteiger partial charge in [-0.25, -0.2) is 0 Å². The number of nitrogens with zero attached hydrogens (tertiary/aromatic N) is 5. The van der Waals surface area contributed by atoms with Crippen LogP contribution in [0.15, 0.2) is 30.3 Å². The lowest BCUT2D eigenvalue weighted by Crippen LogP contribution is -2.63. The van der Waals surface area contributed by atoms with Crippen molar-refractivity contribution >= 4 is 5.91 Å². The van der Waals surface area contributed by atoms with Crippen molar-refractivity contribution in [1.82, 2.24) is 24.5 Å². The van der Waals surface area contributed by atoms with Gasteiger partial charge in [0.25, 0.3) is 5.91 Å². The van der Waals surface area contributed by atoms with Gasteiger partial charge in [-0.1, -0.05) is 0 Å². The number of alkyl halides is 3. The maximum atomic E-state index is 13.9. The molecule has 1 amide bonds. The minimum atomic E-state index is -4.42. The highest BCUT2D eigenvalue weighted by atomic mass is 19.4. The molecule has 2 aliphatic rings. The van der Waals surface area contributed by atoms with Crippen molar-refractivity contribution < 1.29 is 22.7 Å². The fourth-order valence-electron chi connectivity index (χ4n) is 5.01. The number of rotatable bonds is 6.